The highest BCUT2D eigenvalue weighted by atomic mass is 19.4. The first kappa shape index (κ1) is 15.3. The van der Waals surface area contributed by atoms with Gasteiger partial charge in [-0.25, -0.2) is 0 Å². The van der Waals surface area contributed by atoms with Crippen molar-refractivity contribution >= 4 is 0 Å². The smallest absolute Gasteiger partial charge is 0.382 e. The molecule has 0 bridgehead atoms. The van der Waals surface area contributed by atoms with E-state index < -0.39 is 18.8 Å². The van der Waals surface area contributed by atoms with E-state index >= 15 is 0 Å². The number of hydrogen-bond donors (Lipinski definition) is 2. The minimum atomic E-state index is -4.57. The minimum absolute atomic E-state index is 0.229. The second-order valence-corrected chi connectivity index (χ2v) is 5.27. The van der Waals surface area contributed by atoms with Crippen molar-refractivity contribution in [3.8, 4) is 0 Å². The van der Waals surface area contributed by atoms with Crippen molar-refractivity contribution in [1.29, 1.82) is 0 Å². The van der Waals surface area contributed by atoms with E-state index in [-0.39, 0.29) is 6.54 Å². The third-order valence-corrected chi connectivity index (χ3v) is 3.63. The molecule has 0 amide bonds. The van der Waals surface area contributed by atoms with E-state index in [1.165, 1.54) is 19.3 Å². The van der Waals surface area contributed by atoms with E-state index in [1.54, 1.807) is 0 Å². The predicted molar refractivity (Wildman–Crippen MR) is 68.1 cm³/mol. The lowest BCUT2D eigenvalue weighted by Crippen LogP contribution is -2.38. The fraction of sp³-hybridized carbons (Fsp3) is 0.769. The Morgan fingerprint density at radius 2 is 2.05 bits per heavy atom. The van der Waals surface area contributed by atoms with Crippen LogP contribution in [0, 0.1) is 0 Å². The third-order valence-electron chi connectivity index (χ3n) is 3.63. The van der Waals surface area contributed by atoms with Gasteiger partial charge < -0.3 is 10.4 Å². The first-order chi connectivity index (χ1) is 9.47. The molecule has 7 heteroatoms. The summed E-state index contributed by atoms with van der Waals surface area (Å²) in [6.07, 6.45) is 0.875. The summed E-state index contributed by atoms with van der Waals surface area (Å²) >= 11 is 0. The van der Waals surface area contributed by atoms with Gasteiger partial charge in [-0.05, 0) is 18.9 Å². The lowest BCUT2D eigenvalue weighted by atomic mass is 9.96. The fourth-order valence-electron chi connectivity index (χ4n) is 2.47. The molecule has 0 spiro atoms. The van der Waals surface area contributed by atoms with Crippen LogP contribution < -0.4 is 5.32 Å². The van der Waals surface area contributed by atoms with Gasteiger partial charge in [-0.3, -0.25) is 4.68 Å². The molecule has 1 fully saturated rings. The molecule has 2 N–H and O–H groups in total. The molecule has 1 saturated carbocycles. The van der Waals surface area contributed by atoms with Crippen LogP contribution in [0.4, 0.5) is 13.2 Å². The first-order valence-electron chi connectivity index (χ1n) is 6.96. The molecule has 1 atom stereocenters. The maximum Gasteiger partial charge on any atom is 0.415 e. The van der Waals surface area contributed by atoms with Gasteiger partial charge in [0.1, 0.15) is 0 Å². The Bertz CT molecular complexity index is 413. The van der Waals surface area contributed by atoms with Crippen LogP contribution in [0.1, 0.15) is 43.8 Å². The average Bonchev–Trinajstić information content (AvgIpc) is 2.87. The SMILES string of the molecule is OC(CNCc1ccn(C2CCCCC2)n1)C(F)(F)F. The number of aliphatic hydroxyl groups is 1. The predicted octanol–water partition coefficient (Wildman–Crippen LogP) is 2.40. The van der Waals surface area contributed by atoms with E-state index in [9.17, 15) is 13.2 Å². The molecule has 114 valence electrons. The van der Waals surface area contributed by atoms with Crippen molar-refractivity contribution in [3.63, 3.8) is 0 Å². The number of aromatic nitrogens is 2. The standard InChI is InChI=1S/C13H20F3N3O/c14-13(15,16)12(20)9-17-8-10-6-7-19(18-10)11-4-2-1-3-5-11/h6-7,11-12,17,20H,1-5,8-9H2. The van der Waals surface area contributed by atoms with Crippen molar-refractivity contribution in [2.75, 3.05) is 6.54 Å². The summed E-state index contributed by atoms with van der Waals surface area (Å²) in [5, 5.41) is 15.8. The van der Waals surface area contributed by atoms with Crippen LogP contribution in [-0.4, -0.2) is 33.7 Å². The van der Waals surface area contributed by atoms with Crippen molar-refractivity contribution < 1.29 is 18.3 Å². The van der Waals surface area contributed by atoms with Gasteiger partial charge in [-0.2, -0.15) is 18.3 Å². The largest absolute Gasteiger partial charge is 0.415 e. The van der Waals surface area contributed by atoms with E-state index in [1.807, 2.05) is 16.9 Å². The molecular weight excluding hydrogens is 271 g/mol. The molecule has 1 heterocycles. The molecule has 0 radical (unpaired) electrons. The van der Waals surface area contributed by atoms with Crippen LogP contribution in [0.15, 0.2) is 12.3 Å². The normalized spacial score (nSPS) is 19.2. The van der Waals surface area contributed by atoms with Gasteiger partial charge >= 0.3 is 6.18 Å². The summed E-state index contributed by atoms with van der Waals surface area (Å²) < 4.78 is 38.2. The maximum absolute atomic E-state index is 12.1. The lowest BCUT2D eigenvalue weighted by Gasteiger charge is -2.21. The highest BCUT2D eigenvalue weighted by Crippen LogP contribution is 2.27. The Morgan fingerprint density at radius 3 is 2.70 bits per heavy atom. The number of nitrogens with one attached hydrogen (secondary N) is 1. The molecule has 1 aromatic heterocycles. The number of nitrogens with zero attached hydrogens (tertiary/aromatic N) is 2. The zero-order valence-corrected chi connectivity index (χ0v) is 11.2. The molecule has 2 rings (SSSR count). The third kappa shape index (κ3) is 4.21. The van der Waals surface area contributed by atoms with Crippen LogP contribution in [0.3, 0.4) is 0 Å². The summed E-state index contributed by atoms with van der Waals surface area (Å²) in [4.78, 5) is 0. The van der Waals surface area contributed by atoms with E-state index in [2.05, 4.69) is 10.4 Å². The molecule has 20 heavy (non-hydrogen) atoms. The Balaban J connectivity index is 1.78. The van der Waals surface area contributed by atoms with Gasteiger partial charge in [0.15, 0.2) is 6.10 Å². The highest BCUT2D eigenvalue weighted by Gasteiger charge is 2.37. The number of halogens is 3. The van der Waals surface area contributed by atoms with E-state index in [0.29, 0.717) is 11.7 Å². The minimum Gasteiger partial charge on any atom is -0.382 e. The Morgan fingerprint density at radius 1 is 1.35 bits per heavy atom. The molecule has 1 aromatic rings. The average molecular weight is 291 g/mol. The molecular formula is C13H20F3N3O. The molecule has 0 saturated heterocycles. The number of aliphatic hydroxyl groups excluding tert-OH is 1. The Hall–Kier alpha value is -1.08. The maximum atomic E-state index is 12.1. The van der Waals surface area contributed by atoms with Gasteiger partial charge in [0, 0.05) is 19.3 Å². The van der Waals surface area contributed by atoms with E-state index in [4.69, 9.17) is 5.11 Å². The van der Waals surface area contributed by atoms with Gasteiger partial charge in [0.25, 0.3) is 0 Å². The Kier molecular flexibility index (Phi) is 5.04. The van der Waals surface area contributed by atoms with Crippen LogP contribution in [0.25, 0.3) is 0 Å². The molecule has 1 unspecified atom stereocenters. The fourth-order valence-corrected chi connectivity index (χ4v) is 2.47. The summed E-state index contributed by atoms with van der Waals surface area (Å²) in [5.41, 5.74) is 0.699. The number of alkyl halides is 3. The van der Waals surface area contributed by atoms with Crippen molar-refractivity contribution in [3.05, 3.63) is 18.0 Å². The van der Waals surface area contributed by atoms with Gasteiger partial charge in [0.05, 0.1) is 11.7 Å². The van der Waals surface area contributed by atoms with E-state index in [0.717, 1.165) is 12.8 Å². The molecule has 0 aliphatic heterocycles. The summed E-state index contributed by atoms with van der Waals surface area (Å²) in [7, 11) is 0. The van der Waals surface area contributed by atoms with Gasteiger partial charge in [-0.1, -0.05) is 19.3 Å². The van der Waals surface area contributed by atoms with Gasteiger partial charge in [0.2, 0.25) is 0 Å². The zero-order valence-electron chi connectivity index (χ0n) is 11.2. The summed E-state index contributed by atoms with van der Waals surface area (Å²) in [6, 6.07) is 2.22. The summed E-state index contributed by atoms with van der Waals surface area (Å²) in [5.74, 6) is 0. The molecule has 4 nitrogen and oxygen atoms in total. The number of rotatable bonds is 5. The first-order valence-corrected chi connectivity index (χ1v) is 6.96. The van der Waals surface area contributed by atoms with Crippen LogP contribution >= 0.6 is 0 Å². The topological polar surface area (TPSA) is 50.1 Å². The van der Waals surface area contributed by atoms with Crippen LogP contribution in [-0.2, 0) is 6.54 Å². The second kappa shape index (κ2) is 6.58. The zero-order chi connectivity index (χ0) is 14.6. The van der Waals surface area contributed by atoms with Crippen LogP contribution in [0.5, 0.6) is 0 Å². The van der Waals surface area contributed by atoms with Crippen molar-refractivity contribution in [2.45, 2.75) is 57.0 Å². The molecule has 1 aliphatic carbocycles. The monoisotopic (exact) mass is 291 g/mol. The second-order valence-electron chi connectivity index (χ2n) is 5.27. The van der Waals surface area contributed by atoms with Crippen molar-refractivity contribution in [2.24, 2.45) is 0 Å². The summed E-state index contributed by atoms with van der Waals surface area (Å²) in [6.45, 7) is -0.285. The Labute approximate surface area is 116 Å². The van der Waals surface area contributed by atoms with Crippen LogP contribution in [0.2, 0.25) is 0 Å². The van der Waals surface area contributed by atoms with Crippen molar-refractivity contribution in [1.82, 2.24) is 15.1 Å². The van der Waals surface area contributed by atoms with Gasteiger partial charge in [-0.15, -0.1) is 0 Å². The molecule has 0 aromatic carbocycles. The highest BCUT2D eigenvalue weighted by molar-refractivity contribution is 4.99. The lowest BCUT2D eigenvalue weighted by molar-refractivity contribution is -0.201. The number of hydrogen-bond acceptors (Lipinski definition) is 3. The molecule has 1 aliphatic rings. The quantitative estimate of drug-likeness (QED) is 0.876.